The van der Waals surface area contributed by atoms with E-state index in [2.05, 4.69) is 5.32 Å². The van der Waals surface area contributed by atoms with E-state index in [0.717, 1.165) is 16.5 Å². The first kappa shape index (κ1) is 17.7. The molecule has 4 nitrogen and oxygen atoms in total. The Morgan fingerprint density at radius 3 is 2.35 bits per heavy atom. The number of ether oxygens (including phenoxy) is 1. The molecule has 3 aromatic carbocycles. The second kappa shape index (κ2) is 7.83. The van der Waals surface area contributed by atoms with Crippen LogP contribution in [0.2, 0.25) is 0 Å². The second-order valence-electron chi connectivity index (χ2n) is 6.11. The SMILES string of the molecule is CCC(=O)c1ccc(O[C@@H](C)C(=O)Nc2ccc3ccccc3c2)cc1. The highest BCUT2D eigenvalue weighted by Crippen LogP contribution is 2.20. The lowest BCUT2D eigenvalue weighted by atomic mass is 10.1. The molecule has 1 amide bonds. The normalized spacial score (nSPS) is 11.8. The Labute approximate surface area is 152 Å². The monoisotopic (exact) mass is 347 g/mol. The first-order valence-electron chi connectivity index (χ1n) is 8.66. The van der Waals surface area contributed by atoms with Crippen LogP contribution >= 0.6 is 0 Å². The van der Waals surface area contributed by atoms with Gasteiger partial charge in [0, 0.05) is 17.7 Å². The predicted octanol–water partition coefficient (Wildman–Crippen LogP) is 4.84. The van der Waals surface area contributed by atoms with Crippen LogP contribution < -0.4 is 10.1 Å². The molecule has 0 aromatic heterocycles. The summed E-state index contributed by atoms with van der Waals surface area (Å²) >= 11 is 0. The molecule has 0 saturated heterocycles. The number of benzene rings is 3. The molecule has 3 aromatic rings. The quantitative estimate of drug-likeness (QED) is 0.649. The van der Waals surface area contributed by atoms with Gasteiger partial charge in [0.2, 0.25) is 0 Å². The Kier molecular flexibility index (Phi) is 5.32. The number of hydrogen-bond donors (Lipinski definition) is 1. The highest BCUT2D eigenvalue weighted by Gasteiger charge is 2.15. The molecule has 0 aliphatic rings. The van der Waals surface area contributed by atoms with Crippen molar-refractivity contribution in [2.45, 2.75) is 26.4 Å². The van der Waals surface area contributed by atoms with Crippen molar-refractivity contribution in [2.75, 3.05) is 5.32 Å². The van der Waals surface area contributed by atoms with Gasteiger partial charge >= 0.3 is 0 Å². The third-order valence-electron chi connectivity index (χ3n) is 4.20. The largest absolute Gasteiger partial charge is 0.481 e. The molecular formula is C22H21NO3. The smallest absolute Gasteiger partial charge is 0.265 e. The molecule has 1 N–H and O–H groups in total. The van der Waals surface area contributed by atoms with Crippen molar-refractivity contribution in [2.24, 2.45) is 0 Å². The van der Waals surface area contributed by atoms with Crippen molar-refractivity contribution in [3.63, 3.8) is 0 Å². The van der Waals surface area contributed by atoms with Crippen molar-refractivity contribution in [3.8, 4) is 5.75 Å². The molecule has 0 bridgehead atoms. The minimum Gasteiger partial charge on any atom is -0.481 e. The van der Waals surface area contributed by atoms with E-state index in [1.165, 1.54) is 0 Å². The number of Topliss-reactive ketones (excluding diaryl/α,β-unsaturated/α-hetero) is 1. The average Bonchev–Trinajstić information content (AvgIpc) is 2.67. The van der Waals surface area contributed by atoms with Gasteiger partial charge in [-0.15, -0.1) is 0 Å². The van der Waals surface area contributed by atoms with Gasteiger partial charge in [-0.05, 0) is 54.1 Å². The number of anilines is 1. The molecule has 4 heteroatoms. The molecule has 132 valence electrons. The fourth-order valence-corrected chi connectivity index (χ4v) is 2.69. The van der Waals surface area contributed by atoms with Gasteiger partial charge in [0.1, 0.15) is 5.75 Å². The van der Waals surface area contributed by atoms with Crippen LogP contribution in [-0.2, 0) is 4.79 Å². The summed E-state index contributed by atoms with van der Waals surface area (Å²) in [5.74, 6) is 0.409. The van der Waals surface area contributed by atoms with Crippen LogP contribution in [0.25, 0.3) is 10.8 Å². The molecule has 0 fully saturated rings. The zero-order valence-corrected chi connectivity index (χ0v) is 14.9. The molecule has 0 aliphatic carbocycles. The minimum absolute atomic E-state index is 0.0821. The van der Waals surface area contributed by atoms with Crippen LogP contribution in [0, 0.1) is 0 Å². The lowest BCUT2D eigenvalue weighted by molar-refractivity contribution is -0.122. The number of amides is 1. The Balaban J connectivity index is 1.64. The first-order valence-corrected chi connectivity index (χ1v) is 8.66. The fraction of sp³-hybridized carbons (Fsp3) is 0.182. The lowest BCUT2D eigenvalue weighted by Gasteiger charge is -2.15. The summed E-state index contributed by atoms with van der Waals surface area (Å²) in [5, 5.41) is 5.06. The van der Waals surface area contributed by atoms with Gasteiger partial charge in [0.15, 0.2) is 11.9 Å². The molecule has 0 heterocycles. The maximum atomic E-state index is 12.4. The number of carbonyl (C=O) groups excluding carboxylic acids is 2. The maximum Gasteiger partial charge on any atom is 0.265 e. The summed E-state index contributed by atoms with van der Waals surface area (Å²) in [5.41, 5.74) is 1.38. The van der Waals surface area contributed by atoms with Crippen molar-refractivity contribution in [1.29, 1.82) is 0 Å². The van der Waals surface area contributed by atoms with Crippen LogP contribution in [0.3, 0.4) is 0 Å². The van der Waals surface area contributed by atoms with Gasteiger partial charge in [0.25, 0.3) is 5.91 Å². The Hall–Kier alpha value is -3.14. The lowest BCUT2D eigenvalue weighted by Crippen LogP contribution is -2.30. The highest BCUT2D eigenvalue weighted by molar-refractivity contribution is 5.97. The summed E-state index contributed by atoms with van der Waals surface area (Å²) in [6, 6.07) is 20.6. The van der Waals surface area contributed by atoms with Crippen LogP contribution in [0.5, 0.6) is 5.75 Å². The summed E-state index contributed by atoms with van der Waals surface area (Å²) in [6.07, 6.45) is -0.195. The molecule has 26 heavy (non-hydrogen) atoms. The van der Waals surface area contributed by atoms with Gasteiger partial charge in [-0.2, -0.15) is 0 Å². The molecule has 0 aliphatic heterocycles. The second-order valence-corrected chi connectivity index (χ2v) is 6.11. The van der Waals surface area contributed by atoms with E-state index >= 15 is 0 Å². The number of nitrogens with one attached hydrogen (secondary N) is 1. The number of rotatable bonds is 6. The molecule has 1 atom stereocenters. The van der Waals surface area contributed by atoms with Crippen LogP contribution in [0.4, 0.5) is 5.69 Å². The minimum atomic E-state index is -0.658. The van der Waals surface area contributed by atoms with Crippen molar-refractivity contribution >= 4 is 28.2 Å². The number of hydrogen-bond acceptors (Lipinski definition) is 3. The first-order chi connectivity index (χ1) is 12.6. The van der Waals surface area contributed by atoms with E-state index in [1.807, 2.05) is 49.4 Å². The van der Waals surface area contributed by atoms with E-state index < -0.39 is 6.10 Å². The highest BCUT2D eigenvalue weighted by atomic mass is 16.5. The van der Waals surface area contributed by atoms with Gasteiger partial charge in [-0.25, -0.2) is 0 Å². The van der Waals surface area contributed by atoms with Crippen molar-refractivity contribution < 1.29 is 14.3 Å². The molecule has 3 rings (SSSR count). The Morgan fingerprint density at radius 1 is 0.962 bits per heavy atom. The number of ketones is 1. The molecule has 0 saturated carbocycles. The fourth-order valence-electron chi connectivity index (χ4n) is 2.69. The Morgan fingerprint density at radius 2 is 1.65 bits per heavy atom. The third kappa shape index (κ3) is 4.09. The van der Waals surface area contributed by atoms with Crippen molar-refractivity contribution in [1.82, 2.24) is 0 Å². The van der Waals surface area contributed by atoms with Crippen LogP contribution in [0.1, 0.15) is 30.6 Å². The van der Waals surface area contributed by atoms with Gasteiger partial charge in [-0.3, -0.25) is 9.59 Å². The topological polar surface area (TPSA) is 55.4 Å². The Bertz CT molecular complexity index is 932. The summed E-state index contributed by atoms with van der Waals surface area (Å²) < 4.78 is 5.68. The third-order valence-corrected chi connectivity index (χ3v) is 4.20. The van der Waals surface area contributed by atoms with Crippen LogP contribution in [-0.4, -0.2) is 17.8 Å². The van der Waals surface area contributed by atoms with Gasteiger partial charge in [-0.1, -0.05) is 37.3 Å². The van der Waals surface area contributed by atoms with Gasteiger partial charge < -0.3 is 10.1 Å². The standard InChI is InChI=1S/C22H21NO3/c1-3-21(24)17-9-12-20(13-10-17)26-15(2)22(25)23-19-11-8-16-6-4-5-7-18(16)14-19/h4-15H,3H2,1-2H3,(H,23,25)/t15-/m0/s1. The average molecular weight is 347 g/mol. The van der Waals surface area contributed by atoms with Crippen molar-refractivity contribution in [3.05, 3.63) is 72.3 Å². The van der Waals surface area contributed by atoms with E-state index in [4.69, 9.17) is 4.74 Å². The van der Waals surface area contributed by atoms with E-state index in [1.54, 1.807) is 31.2 Å². The predicted molar refractivity (Wildman–Crippen MR) is 104 cm³/mol. The molecule has 0 spiro atoms. The molecule has 0 radical (unpaired) electrons. The summed E-state index contributed by atoms with van der Waals surface area (Å²) in [4.78, 5) is 24.0. The molecule has 0 unspecified atom stereocenters. The van der Waals surface area contributed by atoms with E-state index in [9.17, 15) is 9.59 Å². The number of fused-ring (bicyclic) bond motifs is 1. The summed E-state index contributed by atoms with van der Waals surface area (Å²) in [6.45, 7) is 3.52. The van der Waals surface area contributed by atoms with E-state index in [0.29, 0.717) is 17.7 Å². The number of carbonyl (C=O) groups is 2. The zero-order valence-electron chi connectivity index (χ0n) is 14.9. The van der Waals surface area contributed by atoms with E-state index in [-0.39, 0.29) is 11.7 Å². The molecular weight excluding hydrogens is 326 g/mol. The zero-order chi connectivity index (χ0) is 18.5. The maximum absolute atomic E-state index is 12.4. The van der Waals surface area contributed by atoms with Crippen LogP contribution in [0.15, 0.2) is 66.7 Å². The van der Waals surface area contributed by atoms with Gasteiger partial charge in [0.05, 0.1) is 0 Å². The summed E-state index contributed by atoms with van der Waals surface area (Å²) in [7, 11) is 0.